The molecule has 29 heavy (non-hydrogen) atoms. The van der Waals surface area contributed by atoms with Crippen molar-refractivity contribution in [1.82, 2.24) is 15.3 Å². The van der Waals surface area contributed by atoms with Crippen LogP contribution in [0.15, 0.2) is 24.3 Å². The van der Waals surface area contributed by atoms with Crippen molar-refractivity contribution < 1.29 is 14.3 Å². The summed E-state index contributed by atoms with van der Waals surface area (Å²) in [6.07, 6.45) is 4.85. The molecule has 156 valence electrons. The summed E-state index contributed by atoms with van der Waals surface area (Å²) >= 11 is 0. The monoisotopic (exact) mass is 398 g/mol. The van der Waals surface area contributed by atoms with Gasteiger partial charge in [-0.3, -0.25) is 4.79 Å². The van der Waals surface area contributed by atoms with Gasteiger partial charge in [0.2, 0.25) is 5.91 Å². The van der Waals surface area contributed by atoms with Crippen molar-refractivity contribution in [2.45, 2.75) is 45.1 Å². The summed E-state index contributed by atoms with van der Waals surface area (Å²) in [7, 11) is 0. The molecular formula is C22H30N4O3. The van der Waals surface area contributed by atoms with E-state index >= 15 is 0 Å². The van der Waals surface area contributed by atoms with Crippen LogP contribution in [0.1, 0.15) is 39.0 Å². The zero-order valence-electron chi connectivity index (χ0n) is 17.1. The normalized spacial score (nSPS) is 20.2. The zero-order chi connectivity index (χ0) is 20.1. The van der Waals surface area contributed by atoms with Gasteiger partial charge in [0.1, 0.15) is 0 Å². The predicted molar refractivity (Wildman–Crippen MR) is 112 cm³/mol. The molecular weight excluding hydrogens is 368 g/mol. The van der Waals surface area contributed by atoms with Gasteiger partial charge < -0.3 is 19.7 Å². The Morgan fingerprint density at radius 2 is 1.97 bits per heavy atom. The van der Waals surface area contributed by atoms with Crippen LogP contribution >= 0.6 is 0 Å². The number of rotatable bonds is 7. The Kier molecular flexibility index (Phi) is 6.44. The lowest BCUT2D eigenvalue weighted by Gasteiger charge is -2.32. The highest BCUT2D eigenvalue weighted by atomic mass is 16.5. The first-order chi connectivity index (χ1) is 14.2. The SMILES string of the molecule is CCCOc1nc2ccccc2nc1N1CCC(C(=O)NC[C@@H]2CCCO2)CC1. The Labute approximate surface area is 171 Å². The highest BCUT2D eigenvalue weighted by Crippen LogP contribution is 2.30. The van der Waals surface area contributed by atoms with E-state index in [0.29, 0.717) is 19.0 Å². The second-order valence-corrected chi connectivity index (χ2v) is 7.83. The number of hydrogen-bond donors (Lipinski definition) is 1. The van der Waals surface area contributed by atoms with Gasteiger partial charge in [0.25, 0.3) is 5.88 Å². The molecule has 7 heteroatoms. The molecule has 4 rings (SSSR count). The molecule has 7 nitrogen and oxygen atoms in total. The Hall–Kier alpha value is -2.41. The van der Waals surface area contributed by atoms with Crippen LogP contribution in [-0.4, -0.2) is 54.8 Å². The van der Waals surface area contributed by atoms with Crippen LogP contribution in [0.3, 0.4) is 0 Å². The van der Waals surface area contributed by atoms with Gasteiger partial charge in [0, 0.05) is 32.2 Å². The molecule has 0 spiro atoms. The molecule has 2 fully saturated rings. The van der Waals surface area contributed by atoms with E-state index in [9.17, 15) is 4.79 Å². The van der Waals surface area contributed by atoms with Crippen molar-refractivity contribution in [3.63, 3.8) is 0 Å². The van der Waals surface area contributed by atoms with E-state index in [1.54, 1.807) is 0 Å². The molecule has 3 heterocycles. The van der Waals surface area contributed by atoms with E-state index < -0.39 is 0 Å². The summed E-state index contributed by atoms with van der Waals surface area (Å²) in [5.74, 6) is 1.57. The highest BCUT2D eigenvalue weighted by molar-refractivity contribution is 5.79. The minimum atomic E-state index is 0.0427. The number of para-hydroxylation sites is 2. The van der Waals surface area contributed by atoms with E-state index in [4.69, 9.17) is 19.4 Å². The number of nitrogens with one attached hydrogen (secondary N) is 1. The highest BCUT2D eigenvalue weighted by Gasteiger charge is 2.28. The van der Waals surface area contributed by atoms with Gasteiger partial charge in [-0.05, 0) is 44.2 Å². The Balaban J connectivity index is 1.40. The van der Waals surface area contributed by atoms with E-state index in [2.05, 4.69) is 17.1 Å². The van der Waals surface area contributed by atoms with Crippen molar-refractivity contribution >= 4 is 22.8 Å². The lowest BCUT2D eigenvalue weighted by atomic mass is 9.96. The predicted octanol–water partition coefficient (Wildman–Crippen LogP) is 2.93. The van der Waals surface area contributed by atoms with Crippen LogP contribution < -0.4 is 15.0 Å². The van der Waals surface area contributed by atoms with Gasteiger partial charge in [0.15, 0.2) is 5.82 Å². The van der Waals surface area contributed by atoms with Gasteiger partial charge in [-0.1, -0.05) is 19.1 Å². The second-order valence-electron chi connectivity index (χ2n) is 7.83. The largest absolute Gasteiger partial charge is 0.475 e. The first kappa shape index (κ1) is 19.9. The standard InChI is InChI=1S/C22H30N4O3/c1-2-13-29-22-20(24-18-7-3-4-8-19(18)25-22)26-11-9-16(10-12-26)21(27)23-15-17-6-5-14-28-17/h3-4,7-8,16-17H,2,5-6,9-15H2,1H3,(H,23,27)/t17-/m0/s1. The van der Waals surface area contributed by atoms with Gasteiger partial charge >= 0.3 is 0 Å². The van der Waals surface area contributed by atoms with Crippen molar-refractivity contribution in [2.24, 2.45) is 5.92 Å². The van der Waals surface area contributed by atoms with E-state index in [0.717, 1.165) is 68.7 Å². The minimum absolute atomic E-state index is 0.0427. The molecule has 2 saturated heterocycles. The summed E-state index contributed by atoms with van der Waals surface area (Å²) in [4.78, 5) is 24.3. The van der Waals surface area contributed by atoms with Crippen LogP contribution in [0.5, 0.6) is 5.88 Å². The molecule has 1 atom stereocenters. The van der Waals surface area contributed by atoms with Crippen molar-refractivity contribution in [3.8, 4) is 5.88 Å². The van der Waals surface area contributed by atoms with Gasteiger partial charge in [0.05, 0.1) is 23.7 Å². The topological polar surface area (TPSA) is 76.6 Å². The second kappa shape index (κ2) is 9.39. The summed E-state index contributed by atoms with van der Waals surface area (Å²) in [5, 5.41) is 3.08. The molecule has 1 amide bonds. The zero-order valence-corrected chi connectivity index (χ0v) is 17.1. The summed E-state index contributed by atoms with van der Waals surface area (Å²) in [6.45, 7) is 5.68. The molecule has 0 aliphatic carbocycles. The van der Waals surface area contributed by atoms with Crippen LogP contribution in [-0.2, 0) is 9.53 Å². The fraction of sp³-hybridized carbons (Fsp3) is 0.591. The quantitative estimate of drug-likeness (QED) is 0.773. The lowest BCUT2D eigenvalue weighted by molar-refractivity contribution is -0.126. The summed E-state index contributed by atoms with van der Waals surface area (Å²) < 4.78 is 11.5. The molecule has 0 saturated carbocycles. The van der Waals surface area contributed by atoms with Crippen LogP contribution in [0.2, 0.25) is 0 Å². The third-order valence-electron chi connectivity index (χ3n) is 5.66. The first-order valence-corrected chi connectivity index (χ1v) is 10.8. The number of anilines is 1. The molecule has 1 N–H and O–H groups in total. The molecule has 2 aliphatic rings. The Bertz CT molecular complexity index is 830. The smallest absolute Gasteiger partial charge is 0.258 e. The molecule has 0 unspecified atom stereocenters. The van der Waals surface area contributed by atoms with Crippen molar-refractivity contribution in [2.75, 3.05) is 37.7 Å². The van der Waals surface area contributed by atoms with Crippen LogP contribution in [0.25, 0.3) is 11.0 Å². The van der Waals surface area contributed by atoms with Crippen molar-refractivity contribution in [1.29, 1.82) is 0 Å². The number of piperidine rings is 1. The minimum Gasteiger partial charge on any atom is -0.475 e. The van der Waals surface area contributed by atoms with E-state index in [1.165, 1.54) is 0 Å². The molecule has 1 aromatic heterocycles. The maximum Gasteiger partial charge on any atom is 0.258 e. The van der Waals surface area contributed by atoms with Crippen LogP contribution in [0, 0.1) is 5.92 Å². The molecule has 1 aromatic carbocycles. The average Bonchev–Trinajstić information content (AvgIpc) is 3.29. The fourth-order valence-electron chi connectivity index (χ4n) is 3.99. The van der Waals surface area contributed by atoms with Gasteiger partial charge in [-0.25, -0.2) is 9.97 Å². The molecule has 2 aromatic rings. The third kappa shape index (κ3) is 4.78. The number of fused-ring (bicyclic) bond motifs is 1. The molecule has 2 aliphatic heterocycles. The molecule has 0 bridgehead atoms. The van der Waals surface area contributed by atoms with Crippen molar-refractivity contribution in [3.05, 3.63) is 24.3 Å². The molecule has 0 radical (unpaired) electrons. The maximum absolute atomic E-state index is 12.5. The number of amides is 1. The maximum atomic E-state index is 12.5. The lowest BCUT2D eigenvalue weighted by Crippen LogP contribution is -2.42. The first-order valence-electron chi connectivity index (χ1n) is 10.8. The van der Waals surface area contributed by atoms with E-state index in [1.807, 2.05) is 24.3 Å². The Morgan fingerprint density at radius 1 is 1.21 bits per heavy atom. The number of hydrogen-bond acceptors (Lipinski definition) is 6. The number of carbonyl (C=O) groups is 1. The average molecular weight is 399 g/mol. The number of nitrogens with zero attached hydrogens (tertiary/aromatic N) is 3. The van der Waals surface area contributed by atoms with E-state index in [-0.39, 0.29) is 17.9 Å². The number of benzene rings is 1. The number of aromatic nitrogens is 2. The van der Waals surface area contributed by atoms with Gasteiger partial charge in [-0.15, -0.1) is 0 Å². The van der Waals surface area contributed by atoms with Crippen LogP contribution in [0.4, 0.5) is 5.82 Å². The number of carbonyl (C=O) groups excluding carboxylic acids is 1. The fourth-order valence-corrected chi connectivity index (χ4v) is 3.99. The van der Waals surface area contributed by atoms with Gasteiger partial charge in [-0.2, -0.15) is 0 Å². The summed E-state index contributed by atoms with van der Waals surface area (Å²) in [6, 6.07) is 7.86. The number of ether oxygens (including phenoxy) is 2. The Morgan fingerprint density at radius 3 is 2.66 bits per heavy atom. The summed E-state index contributed by atoms with van der Waals surface area (Å²) in [5.41, 5.74) is 1.70. The third-order valence-corrected chi connectivity index (χ3v) is 5.66.